The molecular formula is C16H12N2O2S. The molecule has 0 fully saturated rings. The zero-order valence-corrected chi connectivity index (χ0v) is 11.9. The highest BCUT2D eigenvalue weighted by Crippen LogP contribution is 2.22. The Morgan fingerprint density at radius 2 is 2.00 bits per heavy atom. The normalized spacial score (nSPS) is 10.3. The van der Waals surface area contributed by atoms with Crippen LogP contribution in [0.4, 0.5) is 0 Å². The topological polar surface area (TPSA) is 52.1 Å². The van der Waals surface area contributed by atoms with Crippen molar-refractivity contribution < 1.29 is 9.53 Å². The lowest BCUT2D eigenvalue weighted by Crippen LogP contribution is -1.96. The molecule has 0 radical (unpaired) electrons. The monoisotopic (exact) mass is 296 g/mol. The van der Waals surface area contributed by atoms with Gasteiger partial charge in [-0.15, -0.1) is 11.3 Å². The fourth-order valence-electron chi connectivity index (χ4n) is 1.78. The second kappa shape index (κ2) is 6.28. The Morgan fingerprint density at radius 1 is 1.14 bits per heavy atom. The first kappa shape index (κ1) is 13.5. The van der Waals surface area contributed by atoms with Crippen molar-refractivity contribution in [3.8, 4) is 16.5 Å². The Morgan fingerprint density at radius 3 is 2.71 bits per heavy atom. The van der Waals surface area contributed by atoms with E-state index < -0.39 is 0 Å². The summed E-state index contributed by atoms with van der Waals surface area (Å²) in [4.78, 5) is 19.4. The number of carbonyl (C=O) groups excluding carboxylic acids is 1. The number of nitrogens with zero attached hydrogens (tertiary/aromatic N) is 2. The number of pyridine rings is 1. The Labute approximate surface area is 126 Å². The predicted molar refractivity (Wildman–Crippen MR) is 81.5 cm³/mol. The van der Waals surface area contributed by atoms with Crippen LogP contribution >= 0.6 is 11.3 Å². The van der Waals surface area contributed by atoms with Crippen molar-refractivity contribution in [1.29, 1.82) is 0 Å². The van der Waals surface area contributed by atoms with Crippen molar-refractivity contribution in [2.75, 3.05) is 0 Å². The van der Waals surface area contributed by atoms with Crippen LogP contribution in [-0.4, -0.2) is 16.3 Å². The third kappa shape index (κ3) is 3.32. The molecule has 0 bridgehead atoms. The van der Waals surface area contributed by atoms with Crippen LogP contribution in [-0.2, 0) is 6.61 Å². The number of rotatable bonds is 5. The van der Waals surface area contributed by atoms with Crippen molar-refractivity contribution in [3.05, 3.63) is 65.3 Å². The van der Waals surface area contributed by atoms with Crippen LogP contribution in [0.5, 0.6) is 5.75 Å². The molecule has 0 aliphatic rings. The van der Waals surface area contributed by atoms with E-state index in [4.69, 9.17) is 4.74 Å². The first-order chi connectivity index (χ1) is 10.3. The zero-order chi connectivity index (χ0) is 14.5. The maximum atomic E-state index is 10.6. The van der Waals surface area contributed by atoms with Crippen LogP contribution in [0.25, 0.3) is 10.7 Å². The Kier molecular flexibility index (Phi) is 4.02. The molecule has 3 aromatic rings. The highest BCUT2D eigenvalue weighted by atomic mass is 32.1. The standard InChI is InChI=1S/C16H12N2O2S/c19-9-12-4-6-14(7-5-12)20-10-13-11-21-16(18-13)15-3-1-2-8-17-15/h1-9,11H,10H2. The van der Waals surface area contributed by atoms with Gasteiger partial charge in [-0.2, -0.15) is 0 Å². The van der Waals surface area contributed by atoms with Crippen LogP contribution in [0, 0.1) is 0 Å². The van der Waals surface area contributed by atoms with Crippen LogP contribution < -0.4 is 4.74 Å². The Balaban J connectivity index is 1.66. The van der Waals surface area contributed by atoms with Gasteiger partial charge < -0.3 is 4.74 Å². The predicted octanol–water partition coefficient (Wildman–Crippen LogP) is 3.60. The minimum absolute atomic E-state index is 0.393. The maximum Gasteiger partial charge on any atom is 0.150 e. The summed E-state index contributed by atoms with van der Waals surface area (Å²) in [6, 6.07) is 12.7. The summed E-state index contributed by atoms with van der Waals surface area (Å²) in [5, 5.41) is 2.84. The SMILES string of the molecule is O=Cc1ccc(OCc2csc(-c3ccccn3)n2)cc1. The van der Waals surface area contributed by atoms with Gasteiger partial charge in [-0.25, -0.2) is 4.98 Å². The Hall–Kier alpha value is -2.53. The molecule has 0 saturated carbocycles. The Bertz CT molecular complexity index is 724. The van der Waals surface area contributed by atoms with E-state index in [0.717, 1.165) is 22.7 Å². The van der Waals surface area contributed by atoms with Gasteiger partial charge in [-0.05, 0) is 36.4 Å². The molecule has 2 aromatic heterocycles. The van der Waals surface area contributed by atoms with Crippen LogP contribution in [0.2, 0.25) is 0 Å². The average Bonchev–Trinajstić information content (AvgIpc) is 3.03. The van der Waals surface area contributed by atoms with E-state index >= 15 is 0 Å². The van der Waals surface area contributed by atoms with Crippen molar-refractivity contribution in [2.45, 2.75) is 6.61 Å². The lowest BCUT2D eigenvalue weighted by molar-refractivity contribution is 0.112. The number of hydrogen-bond donors (Lipinski definition) is 0. The largest absolute Gasteiger partial charge is 0.487 e. The van der Waals surface area contributed by atoms with E-state index in [1.807, 2.05) is 23.6 Å². The first-order valence-corrected chi connectivity index (χ1v) is 7.27. The van der Waals surface area contributed by atoms with E-state index in [1.165, 1.54) is 0 Å². The van der Waals surface area contributed by atoms with E-state index in [0.29, 0.717) is 17.9 Å². The fraction of sp³-hybridized carbons (Fsp3) is 0.0625. The molecule has 0 unspecified atom stereocenters. The lowest BCUT2D eigenvalue weighted by Gasteiger charge is -2.03. The molecule has 4 nitrogen and oxygen atoms in total. The summed E-state index contributed by atoms with van der Waals surface area (Å²) >= 11 is 1.54. The zero-order valence-electron chi connectivity index (χ0n) is 11.1. The van der Waals surface area contributed by atoms with Crippen molar-refractivity contribution in [2.24, 2.45) is 0 Å². The lowest BCUT2D eigenvalue weighted by atomic mass is 10.2. The second-order valence-electron chi connectivity index (χ2n) is 4.33. The number of carbonyl (C=O) groups is 1. The molecule has 3 rings (SSSR count). The molecule has 0 saturated heterocycles. The third-order valence-corrected chi connectivity index (χ3v) is 3.75. The molecule has 1 aromatic carbocycles. The maximum absolute atomic E-state index is 10.6. The van der Waals surface area contributed by atoms with Gasteiger partial charge in [0.2, 0.25) is 0 Å². The van der Waals surface area contributed by atoms with Gasteiger partial charge in [0.05, 0.1) is 11.4 Å². The van der Waals surface area contributed by atoms with Crippen molar-refractivity contribution >= 4 is 17.6 Å². The second-order valence-corrected chi connectivity index (χ2v) is 5.19. The molecule has 104 valence electrons. The molecule has 21 heavy (non-hydrogen) atoms. The smallest absolute Gasteiger partial charge is 0.150 e. The quantitative estimate of drug-likeness (QED) is 0.675. The van der Waals surface area contributed by atoms with Crippen LogP contribution in [0.3, 0.4) is 0 Å². The molecule has 0 atom stereocenters. The highest BCUT2D eigenvalue weighted by molar-refractivity contribution is 7.13. The number of benzene rings is 1. The van der Waals surface area contributed by atoms with Crippen molar-refractivity contribution in [3.63, 3.8) is 0 Å². The number of aldehydes is 1. The minimum Gasteiger partial charge on any atom is -0.487 e. The van der Waals surface area contributed by atoms with Gasteiger partial charge in [-0.1, -0.05) is 6.07 Å². The summed E-state index contributed by atoms with van der Waals surface area (Å²) in [6.45, 7) is 0.393. The van der Waals surface area contributed by atoms with E-state index in [-0.39, 0.29) is 0 Å². The van der Waals surface area contributed by atoms with E-state index in [1.54, 1.807) is 41.8 Å². The molecule has 2 heterocycles. The molecule has 0 spiro atoms. The molecule has 0 amide bonds. The number of hydrogen-bond acceptors (Lipinski definition) is 5. The molecule has 0 aliphatic carbocycles. The van der Waals surface area contributed by atoms with Gasteiger partial charge in [0.1, 0.15) is 23.7 Å². The summed E-state index contributed by atoms with van der Waals surface area (Å²) < 4.78 is 5.65. The number of ether oxygens (including phenoxy) is 1. The summed E-state index contributed by atoms with van der Waals surface area (Å²) in [5.74, 6) is 0.716. The molecule has 0 aliphatic heterocycles. The summed E-state index contributed by atoms with van der Waals surface area (Å²) in [5.41, 5.74) is 2.36. The molecular weight excluding hydrogens is 284 g/mol. The van der Waals surface area contributed by atoms with Crippen LogP contribution in [0.1, 0.15) is 16.1 Å². The summed E-state index contributed by atoms with van der Waals surface area (Å²) in [6.07, 6.45) is 2.56. The molecule has 0 N–H and O–H groups in total. The first-order valence-electron chi connectivity index (χ1n) is 6.39. The van der Waals surface area contributed by atoms with Crippen LogP contribution in [0.15, 0.2) is 54.0 Å². The fourth-order valence-corrected chi connectivity index (χ4v) is 2.56. The minimum atomic E-state index is 0.393. The van der Waals surface area contributed by atoms with Gasteiger partial charge in [-0.3, -0.25) is 9.78 Å². The summed E-state index contributed by atoms with van der Waals surface area (Å²) in [7, 11) is 0. The van der Waals surface area contributed by atoms with E-state index in [9.17, 15) is 4.79 Å². The number of thiazole rings is 1. The third-order valence-electron chi connectivity index (χ3n) is 2.84. The van der Waals surface area contributed by atoms with Gasteiger partial charge >= 0.3 is 0 Å². The number of aromatic nitrogens is 2. The molecule has 5 heteroatoms. The highest BCUT2D eigenvalue weighted by Gasteiger charge is 2.06. The van der Waals surface area contributed by atoms with E-state index in [2.05, 4.69) is 9.97 Å². The van der Waals surface area contributed by atoms with Gasteiger partial charge in [0.15, 0.2) is 0 Å². The van der Waals surface area contributed by atoms with Gasteiger partial charge in [0, 0.05) is 17.1 Å². The average molecular weight is 296 g/mol. The van der Waals surface area contributed by atoms with Gasteiger partial charge in [0.25, 0.3) is 0 Å². The van der Waals surface area contributed by atoms with Crippen molar-refractivity contribution in [1.82, 2.24) is 9.97 Å².